The quantitative estimate of drug-likeness (QED) is 0.563. The highest BCUT2D eigenvalue weighted by molar-refractivity contribution is 5.46. The van der Waals surface area contributed by atoms with Gasteiger partial charge in [-0.3, -0.25) is 10.3 Å². The molecule has 78 valence electrons. The number of hydrogen-bond acceptors (Lipinski definition) is 4. The van der Waals surface area contributed by atoms with Crippen LogP contribution < -0.4 is 5.48 Å². The summed E-state index contributed by atoms with van der Waals surface area (Å²) in [7, 11) is 1.56. The molecule has 0 heterocycles. The fraction of sp³-hybridized carbons (Fsp3) is 0.273. The average Bonchev–Trinajstić information content (AvgIpc) is 2.29. The fourth-order valence-electron chi connectivity index (χ4n) is 1.85. The van der Waals surface area contributed by atoms with E-state index in [4.69, 9.17) is 4.84 Å². The van der Waals surface area contributed by atoms with Crippen molar-refractivity contribution in [3.63, 3.8) is 0 Å². The third-order valence-corrected chi connectivity index (χ3v) is 2.54. The van der Waals surface area contributed by atoms with E-state index in [9.17, 15) is 4.91 Å². The van der Waals surface area contributed by atoms with Gasteiger partial charge in [0, 0.05) is 5.92 Å². The van der Waals surface area contributed by atoms with Gasteiger partial charge < -0.3 is 0 Å². The van der Waals surface area contributed by atoms with Gasteiger partial charge in [-0.1, -0.05) is 35.6 Å². The summed E-state index contributed by atoms with van der Waals surface area (Å²) in [5, 5.41) is 3.10. The van der Waals surface area contributed by atoms with Gasteiger partial charge in [0.25, 0.3) is 0 Å². The Kier molecular flexibility index (Phi) is 2.78. The van der Waals surface area contributed by atoms with Crippen molar-refractivity contribution in [2.75, 3.05) is 7.11 Å². The van der Waals surface area contributed by atoms with Crippen molar-refractivity contribution in [1.82, 2.24) is 5.48 Å². The molecular weight excluding hydrogens is 192 g/mol. The molecule has 0 aromatic carbocycles. The Morgan fingerprint density at radius 3 is 2.87 bits per heavy atom. The van der Waals surface area contributed by atoms with E-state index in [1.165, 1.54) is 0 Å². The Labute approximate surface area is 87.9 Å². The number of allylic oxidation sites excluding steroid dienone is 5. The van der Waals surface area contributed by atoms with Gasteiger partial charge >= 0.3 is 0 Å². The van der Waals surface area contributed by atoms with Crippen molar-refractivity contribution in [2.24, 2.45) is 11.1 Å². The van der Waals surface area contributed by atoms with Crippen LogP contribution in [0.1, 0.15) is 0 Å². The van der Waals surface area contributed by atoms with E-state index in [-0.39, 0.29) is 12.0 Å². The lowest BCUT2D eigenvalue weighted by atomic mass is 9.83. The predicted octanol–water partition coefficient (Wildman–Crippen LogP) is 1.84. The third kappa shape index (κ3) is 1.76. The molecule has 2 aliphatic rings. The highest BCUT2D eigenvalue weighted by atomic mass is 16.6. The van der Waals surface area contributed by atoms with Crippen LogP contribution in [-0.4, -0.2) is 13.2 Å². The number of fused-ring (bicyclic) bond motifs is 1. The van der Waals surface area contributed by atoms with Crippen molar-refractivity contribution in [3.8, 4) is 0 Å². The molecule has 0 spiro atoms. The lowest BCUT2D eigenvalue weighted by molar-refractivity contribution is 0.118. The Morgan fingerprint density at radius 1 is 1.33 bits per heavy atom. The molecule has 2 rings (SSSR count). The lowest BCUT2D eigenvalue weighted by Crippen LogP contribution is -2.26. The molecule has 4 heteroatoms. The molecule has 4 nitrogen and oxygen atoms in total. The van der Waals surface area contributed by atoms with Crippen LogP contribution in [0.4, 0.5) is 0 Å². The lowest BCUT2D eigenvalue weighted by Gasteiger charge is -2.26. The summed E-state index contributed by atoms with van der Waals surface area (Å²) < 4.78 is 0. The zero-order valence-corrected chi connectivity index (χ0v) is 8.38. The largest absolute Gasteiger partial charge is 0.279 e. The zero-order valence-electron chi connectivity index (χ0n) is 8.38. The summed E-state index contributed by atoms with van der Waals surface area (Å²) in [5.41, 5.74) is 4.70. The second-order valence-corrected chi connectivity index (χ2v) is 3.40. The molecule has 0 fully saturated rings. The van der Waals surface area contributed by atoms with Crippen molar-refractivity contribution in [2.45, 2.75) is 6.04 Å². The molecule has 0 radical (unpaired) electrons. The van der Waals surface area contributed by atoms with Crippen molar-refractivity contribution < 1.29 is 4.84 Å². The molecule has 0 saturated carbocycles. The Hall–Kier alpha value is -1.68. The van der Waals surface area contributed by atoms with E-state index >= 15 is 0 Å². The van der Waals surface area contributed by atoms with E-state index in [0.29, 0.717) is 0 Å². The standard InChI is InChI=1S/C11H12N2O2/c1-15-13-11-7-3-4-8-9(11)5-2-6-10(8)12-14/h2-8,10,13H,1H3. The van der Waals surface area contributed by atoms with Gasteiger partial charge in [0.15, 0.2) is 0 Å². The summed E-state index contributed by atoms with van der Waals surface area (Å²) in [5.74, 6) is 0.0233. The molecule has 1 N–H and O–H groups in total. The van der Waals surface area contributed by atoms with Crippen molar-refractivity contribution >= 4 is 0 Å². The summed E-state index contributed by atoms with van der Waals surface area (Å²) in [6.45, 7) is 0. The first-order chi connectivity index (χ1) is 7.36. The molecule has 2 unspecified atom stereocenters. The number of hydrogen-bond donors (Lipinski definition) is 1. The zero-order chi connectivity index (χ0) is 10.7. The van der Waals surface area contributed by atoms with E-state index in [1.54, 1.807) is 13.2 Å². The molecule has 15 heavy (non-hydrogen) atoms. The van der Waals surface area contributed by atoms with Gasteiger partial charge in [0.2, 0.25) is 0 Å². The number of hydroxylamine groups is 1. The van der Waals surface area contributed by atoms with E-state index in [1.807, 2.05) is 30.4 Å². The van der Waals surface area contributed by atoms with Gasteiger partial charge in [0.05, 0.1) is 12.8 Å². The van der Waals surface area contributed by atoms with Crippen LogP contribution in [0.5, 0.6) is 0 Å². The molecular formula is C11H12N2O2. The topological polar surface area (TPSA) is 50.7 Å². The van der Waals surface area contributed by atoms with Crippen LogP contribution in [0.25, 0.3) is 0 Å². The maximum atomic E-state index is 10.6. The molecule has 0 aromatic heterocycles. The number of nitrogens with zero attached hydrogens (tertiary/aromatic N) is 1. The maximum Gasteiger partial charge on any atom is 0.121 e. The first-order valence-electron chi connectivity index (χ1n) is 4.75. The first kappa shape index (κ1) is 9.86. The van der Waals surface area contributed by atoms with E-state index in [0.717, 1.165) is 11.3 Å². The molecule has 0 amide bonds. The molecule has 2 aliphatic carbocycles. The van der Waals surface area contributed by atoms with E-state index in [2.05, 4.69) is 10.7 Å². The summed E-state index contributed by atoms with van der Waals surface area (Å²) in [6, 6.07) is -0.316. The van der Waals surface area contributed by atoms with Crippen molar-refractivity contribution in [1.29, 1.82) is 0 Å². The number of nitrogens with one attached hydrogen (secondary N) is 1. The molecule has 0 aromatic rings. The SMILES string of the molecule is CONC1=CC=CC2C1=CC=CC2N=O. The van der Waals surface area contributed by atoms with Crippen LogP contribution in [0.15, 0.2) is 52.9 Å². The number of rotatable bonds is 3. The van der Waals surface area contributed by atoms with Gasteiger partial charge in [0.1, 0.15) is 6.04 Å². The molecule has 0 aliphatic heterocycles. The Morgan fingerprint density at radius 2 is 2.13 bits per heavy atom. The summed E-state index contributed by atoms with van der Waals surface area (Å²) >= 11 is 0. The van der Waals surface area contributed by atoms with Gasteiger partial charge in [-0.25, -0.2) is 0 Å². The monoisotopic (exact) mass is 204 g/mol. The highest BCUT2D eigenvalue weighted by Gasteiger charge is 2.27. The number of nitroso groups, excluding NO2 is 1. The first-order valence-corrected chi connectivity index (χ1v) is 4.75. The van der Waals surface area contributed by atoms with Crippen LogP contribution in [0, 0.1) is 10.8 Å². The van der Waals surface area contributed by atoms with Gasteiger partial charge in [-0.15, -0.1) is 0 Å². The second-order valence-electron chi connectivity index (χ2n) is 3.40. The maximum absolute atomic E-state index is 10.6. The molecule has 0 bridgehead atoms. The van der Waals surface area contributed by atoms with E-state index < -0.39 is 0 Å². The highest BCUT2D eigenvalue weighted by Crippen LogP contribution is 2.31. The van der Waals surface area contributed by atoms with Crippen LogP contribution in [0.2, 0.25) is 0 Å². The van der Waals surface area contributed by atoms with Crippen LogP contribution in [0.3, 0.4) is 0 Å². The summed E-state index contributed by atoms with van der Waals surface area (Å²) in [6.07, 6.45) is 11.4. The predicted molar refractivity (Wildman–Crippen MR) is 57.7 cm³/mol. The Bertz CT molecular complexity index is 380. The average molecular weight is 204 g/mol. The van der Waals surface area contributed by atoms with Crippen molar-refractivity contribution in [3.05, 3.63) is 52.6 Å². The van der Waals surface area contributed by atoms with Gasteiger partial charge in [-0.05, 0) is 11.6 Å². The third-order valence-electron chi connectivity index (χ3n) is 2.54. The molecule has 0 saturated heterocycles. The minimum Gasteiger partial charge on any atom is -0.279 e. The minimum atomic E-state index is -0.316. The minimum absolute atomic E-state index is 0.0233. The Balaban J connectivity index is 2.29. The van der Waals surface area contributed by atoms with Gasteiger partial charge in [-0.2, -0.15) is 4.91 Å². The van der Waals surface area contributed by atoms with Crippen LogP contribution >= 0.6 is 0 Å². The normalized spacial score (nSPS) is 27.8. The fourth-order valence-corrected chi connectivity index (χ4v) is 1.85. The molecule has 2 atom stereocenters. The van der Waals surface area contributed by atoms with Crippen LogP contribution in [-0.2, 0) is 4.84 Å². The smallest absolute Gasteiger partial charge is 0.121 e. The second kappa shape index (κ2) is 4.23. The summed E-state index contributed by atoms with van der Waals surface area (Å²) in [4.78, 5) is 15.5.